The number of benzene rings is 2. The maximum Gasteiger partial charge on any atom is 0.336 e. The molecule has 2 atom stereocenters. The van der Waals surface area contributed by atoms with Gasteiger partial charge in [-0.05, 0) is 37.6 Å². The van der Waals surface area contributed by atoms with E-state index in [1.807, 2.05) is 53.9 Å². The summed E-state index contributed by atoms with van der Waals surface area (Å²) in [4.78, 5) is 34.8. The Morgan fingerprint density at radius 1 is 1.00 bits per heavy atom. The molecule has 2 aromatic carbocycles. The molecule has 2 unspecified atom stereocenters. The zero-order valence-electron chi connectivity index (χ0n) is 19.2. The summed E-state index contributed by atoms with van der Waals surface area (Å²) < 4.78 is 11.1. The molecule has 0 saturated heterocycles. The number of aliphatic imine (C=N–C) groups is 1. The number of methoxy groups -OCH3 is 2. The highest BCUT2D eigenvalue weighted by atomic mass is 79.9. The van der Waals surface area contributed by atoms with Crippen LogP contribution < -0.4 is 0 Å². The van der Waals surface area contributed by atoms with E-state index in [0.717, 1.165) is 31.9 Å². The summed E-state index contributed by atoms with van der Waals surface area (Å²) in [5.41, 5.74) is 5.09. The Kier molecular flexibility index (Phi) is 7.09. The number of ether oxygens (including phenoxy) is 2. The number of rotatable bonds is 5. The minimum Gasteiger partial charge on any atom is -0.468 e. The van der Waals surface area contributed by atoms with Gasteiger partial charge in [-0.3, -0.25) is 9.79 Å². The van der Waals surface area contributed by atoms with E-state index in [4.69, 9.17) is 14.5 Å². The van der Waals surface area contributed by atoms with Gasteiger partial charge in [0.25, 0.3) is 0 Å². The molecule has 3 aromatic rings. The Morgan fingerprint density at radius 3 is 2.41 bits per heavy atom. The summed E-state index contributed by atoms with van der Waals surface area (Å²) in [6.45, 7) is 3.53. The molecule has 0 aliphatic carbocycles. The maximum absolute atomic E-state index is 12.8. The lowest BCUT2D eigenvalue weighted by atomic mass is 9.75. The molecular formula is C26H23BrN2O4S. The Morgan fingerprint density at radius 2 is 1.74 bits per heavy atom. The minimum atomic E-state index is -0.729. The number of carbonyl (C=O) groups is 2. The molecule has 6 nitrogen and oxygen atoms in total. The van der Waals surface area contributed by atoms with Crippen LogP contribution in [0.5, 0.6) is 0 Å². The monoisotopic (exact) mass is 538 g/mol. The van der Waals surface area contributed by atoms with Crippen LogP contribution in [0.4, 0.5) is 0 Å². The van der Waals surface area contributed by atoms with E-state index in [9.17, 15) is 9.59 Å². The van der Waals surface area contributed by atoms with E-state index < -0.39 is 23.8 Å². The Hall–Kier alpha value is -3.10. The van der Waals surface area contributed by atoms with E-state index in [1.54, 1.807) is 13.8 Å². The average Bonchev–Trinajstić information content (AvgIpc) is 3.33. The van der Waals surface area contributed by atoms with Gasteiger partial charge >= 0.3 is 11.9 Å². The molecule has 4 rings (SSSR count). The Bertz CT molecular complexity index is 1310. The van der Waals surface area contributed by atoms with Crippen molar-refractivity contribution in [3.8, 4) is 21.8 Å². The fraction of sp³-hybridized carbons (Fsp3) is 0.231. The van der Waals surface area contributed by atoms with Gasteiger partial charge in [-0.2, -0.15) is 0 Å². The van der Waals surface area contributed by atoms with Gasteiger partial charge in [0.15, 0.2) is 0 Å². The number of hydrogen-bond donors (Lipinski definition) is 0. The van der Waals surface area contributed by atoms with E-state index >= 15 is 0 Å². The summed E-state index contributed by atoms with van der Waals surface area (Å²) in [5.74, 6) is -2.27. The first kappa shape index (κ1) is 24.0. The van der Waals surface area contributed by atoms with Gasteiger partial charge in [0.05, 0.1) is 25.5 Å². The van der Waals surface area contributed by atoms with Gasteiger partial charge in [0.2, 0.25) is 0 Å². The van der Waals surface area contributed by atoms with Crippen LogP contribution in [0.15, 0.2) is 74.6 Å². The lowest BCUT2D eigenvalue weighted by Gasteiger charge is -2.31. The van der Waals surface area contributed by atoms with Crippen molar-refractivity contribution in [2.45, 2.75) is 19.8 Å². The summed E-state index contributed by atoms with van der Waals surface area (Å²) in [7, 11) is 2.67. The predicted molar refractivity (Wildman–Crippen MR) is 137 cm³/mol. The quantitative estimate of drug-likeness (QED) is 0.370. The van der Waals surface area contributed by atoms with Crippen molar-refractivity contribution in [1.82, 2.24) is 4.98 Å². The third kappa shape index (κ3) is 4.60. The van der Waals surface area contributed by atoms with Crippen LogP contribution in [0, 0.1) is 5.92 Å². The molecule has 1 aromatic heterocycles. The van der Waals surface area contributed by atoms with Crippen molar-refractivity contribution in [2.75, 3.05) is 14.2 Å². The average molecular weight is 539 g/mol. The molecule has 0 N–H and O–H groups in total. The van der Waals surface area contributed by atoms with Gasteiger partial charge in [0, 0.05) is 38.3 Å². The van der Waals surface area contributed by atoms with E-state index in [0.29, 0.717) is 17.0 Å². The smallest absolute Gasteiger partial charge is 0.336 e. The first-order valence-corrected chi connectivity index (χ1v) is 12.2. The normalized spacial score (nSPS) is 17.9. The number of hydrogen-bond acceptors (Lipinski definition) is 7. The minimum absolute atomic E-state index is 0.357. The fourth-order valence-electron chi connectivity index (χ4n) is 4.23. The van der Waals surface area contributed by atoms with E-state index in [-0.39, 0.29) is 0 Å². The molecule has 174 valence electrons. The van der Waals surface area contributed by atoms with Crippen molar-refractivity contribution in [2.24, 2.45) is 10.9 Å². The summed E-state index contributed by atoms with van der Waals surface area (Å²) in [6.07, 6.45) is 0. The second-order valence-corrected chi connectivity index (χ2v) is 9.67. The van der Waals surface area contributed by atoms with Crippen LogP contribution in [-0.4, -0.2) is 36.9 Å². The van der Waals surface area contributed by atoms with Gasteiger partial charge in [-0.1, -0.05) is 46.3 Å². The highest BCUT2D eigenvalue weighted by Crippen LogP contribution is 2.41. The topological polar surface area (TPSA) is 77.8 Å². The van der Waals surface area contributed by atoms with Gasteiger partial charge < -0.3 is 9.47 Å². The molecule has 0 fully saturated rings. The lowest BCUT2D eigenvalue weighted by molar-refractivity contribution is -0.143. The molecular weight excluding hydrogens is 516 g/mol. The van der Waals surface area contributed by atoms with Crippen LogP contribution in [0.3, 0.4) is 0 Å². The number of thiazole rings is 1. The van der Waals surface area contributed by atoms with Crippen LogP contribution >= 0.6 is 27.3 Å². The molecule has 0 spiro atoms. The second kappa shape index (κ2) is 10.0. The largest absolute Gasteiger partial charge is 0.468 e. The SMILES string of the molecule is COC(=O)C1=C(C)N=C(C)C(C(=O)OC)C1c1cccc(-c2nc(-c3ccc(Br)cc3)cs2)c1. The van der Waals surface area contributed by atoms with Crippen molar-refractivity contribution in [3.63, 3.8) is 0 Å². The third-order valence-electron chi connectivity index (χ3n) is 5.83. The first-order valence-electron chi connectivity index (χ1n) is 10.6. The Balaban J connectivity index is 1.78. The molecule has 8 heteroatoms. The maximum atomic E-state index is 12.8. The molecule has 0 amide bonds. The molecule has 0 saturated carbocycles. The van der Waals surface area contributed by atoms with Crippen LogP contribution in [0.2, 0.25) is 0 Å². The summed E-state index contributed by atoms with van der Waals surface area (Å²) >= 11 is 5.00. The highest BCUT2D eigenvalue weighted by molar-refractivity contribution is 9.10. The van der Waals surface area contributed by atoms with E-state index in [2.05, 4.69) is 20.9 Å². The summed E-state index contributed by atoms with van der Waals surface area (Å²) in [5, 5.41) is 2.86. The number of carbonyl (C=O) groups excluding carboxylic acids is 2. The van der Waals surface area contributed by atoms with Crippen LogP contribution in [0.1, 0.15) is 25.3 Å². The predicted octanol–water partition coefficient (Wildman–Crippen LogP) is 6.03. The number of esters is 2. The van der Waals surface area contributed by atoms with Crippen molar-refractivity contribution in [1.29, 1.82) is 0 Å². The van der Waals surface area contributed by atoms with Gasteiger partial charge in [-0.15, -0.1) is 11.3 Å². The zero-order chi connectivity index (χ0) is 24.4. The third-order valence-corrected chi connectivity index (χ3v) is 7.25. The molecule has 2 heterocycles. The van der Waals surface area contributed by atoms with Gasteiger partial charge in [-0.25, -0.2) is 9.78 Å². The second-order valence-electron chi connectivity index (χ2n) is 7.89. The van der Waals surface area contributed by atoms with Crippen molar-refractivity contribution in [3.05, 3.63) is 75.2 Å². The number of aromatic nitrogens is 1. The molecule has 34 heavy (non-hydrogen) atoms. The molecule has 0 radical (unpaired) electrons. The highest BCUT2D eigenvalue weighted by Gasteiger charge is 2.42. The number of halogens is 1. The van der Waals surface area contributed by atoms with Gasteiger partial charge in [0.1, 0.15) is 10.9 Å². The van der Waals surface area contributed by atoms with Crippen LogP contribution in [0.25, 0.3) is 21.8 Å². The number of allylic oxidation sites excluding steroid dienone is 1. The fourth-order valence-corrected chi connectivity index (χ4v) is 5.32. The summed E-state index contributed by atoms with van der Waals surface area (Å²) in [6, 6.07) is 15.8. The molecule has 0 bridgehead atoms. The molecule has 1 aliphatic rings. The van der Waals surface area contributed by atoms with Crippen LogP contribution in [-0.2, 0) is 19.1 Å². The molecule has 1 aliphatic heterocycles. The van der Waals surface area contributed by atoms with E-state index in [1.165, 1.54) is 25.6 Å². The Labute approximate surface area is 210 Å². The van der Waals surface area contributed by atoms with Crippen molar-refractivity contribution < 1.29 is 19.1 Å². The standard InChI is InChI=1S/C26H23BrN2O4S/c1-14-21(25(30)32-3)23(22(15(2)28-14)26(31)33-4)17-6-5-7-18(12-17)24-29-20(13-34-24)16-8-10-19(27)11-9-16/h5-13,21,23H,1-4H3. The first-order chi connectivity index (χ1) is 16.3. The van der Waals surface area contributed by atoms with Crippen molar-refractivity contribution >= 4 is 44.9 Å². The zero-order valence-corrected chi connectivity index (χ0v) is 21.6. The number of nitrogens with zero attached hydrogens (tertiary/aromatic N) is 2. The lowest BCUT2D eigenvalue weighted by Crippen LogP contribution is -2.36.